The second-order valence-electron chi connectivity index (χ2n) is 6.27. The zero-order valence-electron chi connectivity index (χ0n) is 16.0. The summed E-state index contributed by atoms with van der Waals surface area (Å²) < 4.78 is 11.6. The number of rotatable bonds is 7. The molecule has 2 aromatic rings. The molecule has 0 unspecified atom stereocenters. The van der Waals surface area contributed by atoms with Gasteiger partial charge < -0.3 is 14.6 Å². The van der Waals surface area contributed by atoms with Gasteiger partial charge in [0.25, 0.3) is 11.1 Å². The Bertz CT molecular complexity index is 976. The zero-order chi connectivity index (χ0) is 21.0. The largest absolute Gasteiger partial charge is 0.504 e. The Kier molecular flexibility index (Phi) is 6.87. The number of hydrogen-bond donors (Lipinski definition) is 1. The van der Waals surface area contributed by atoms with Crippen LogP contribution in [0.3, 0.4) is 0 Å². The zero-order valence-corrected chi connectivity index (χ0v) is 18.4. The molecule has 2 amide bonds. The van der Waals surface area contributed by atoms with Crippen molar-refractivity contribution in [3.8, 4) is 17.2 Å². The molecule has 0 saturated carbocycles. The summed E-state index contributed by atoms with van der Waals surface area (Å²) >= 11 is 4.24. The number of hydrogen-bond acceptors (Lipinski definition) is 6. The lowest BCUT2D eigenvalue weighted by Gasteiger charge is -2.13. The van der Waals surface area contributed by atoms with Crippen LogP contribution in [0.5, 0.6) is 17.2 Å². The molecule has 1 aliphatic rings. The minimum absolute atomic E-state index is 0.00252. The number of amides is 2. The Morgan fingerprint density at radius 3 is 2.72 bits per heavy atom. The summed E-state index contributed by atoms with van der Waals surface area (Å²) in [5.41, 5.74) is 1.70. The highest BCUT2D eigenvalue weighted by atomic mass is 79.9. The van der Waals surface area contributed by atoms with Crippen LogP contribution in [0.2, 0.25) is 0 Å². The lowest BCUT2D eigenvalue weighted by Crippen LogP contribution is -2.32. The van der Waals surface area contributed by atoms with Crippen LogP contribution in [0.15, 0.2) is 45.8 Å². The quantitative estimate of drug-likeness (QED) is 0.566. The van der Waals surface area contributed by atoms with E-state index >= 15 is 0 Å². The molecule has 1 heterocycles. The Morgan fingerprint density at radius 1 is 1.21 bits per heavy atom. The summed E-state index contributed by atoms with van der Waals surface area (Å²) in [6, 6.07) is 10.7. The Labute approximate surface area is 181 Å². The van der Waals surface area contributed by atoms with Gasteiger partial charge in [-0.2, -0.15) is 0 Å². The maximum atomic E-state index is 12.7. The molecule has 1 N–H and O–H groups in total. The lowest BCUT2D eigenvalue weighted by atomic mass is 10.2. The average molecular weight is 478 g/mol. The Hall–Kier alpha value is -2.45. The number of carbonyl (C=O) groups is 2. The Morgan fingerprint density at radius 2 is 2.00 bits per heavy atom. The molecule has 1 saturated heterocycles. The molecular formula is C21H20BrNO5S. The molecule has 0 bridgehead atoms. The van der Waals surface area contributed by atoms with Gasteiger partial charge in [0, 0.05) is 4.47 Å². The summed E-state index contributed by atoms with van der Waals surface area (Å²) in [5.74, 6) is 0.639. The number of phenolic OH excluding ortho intramolecular Hbond substituents is 1. The fourth-order valence-electron chi connectivity index (χ4n) is 2.73. The normalized spacial score (nSPS) is 15.3. The van der Waals surface area contributed by atoms with Crippen molar-refractivity contribution in [3.05, 3.63) is 56.9 Å². The fraction of sp³-hybridized carbons (Fsp3) is 0.238. The smallest absolute Gasteiger partial charge is 0.293 e. The molecule has 0 aromatic heterocycles. The van der Waals surface area contributed by atoms with Gasteiger partial charge in [-0.1, -0.05) is 28.1 Å². The number of carbonyl (C=O) groups excluding carboxylic acids is 2. The third kappa shape index (κ3) is 5.13. The number of halogens is 1. The second kappa shape index (κ2) is 9.37. The molecule has 1 fully saturated rings. The molecule has 1 aliphatic heterocycles. The van der Waals surface area contributed by atoms with Crippen molar-refractivity contribution in [2.75, 3.05) is 19.8 Å². The topological polar surface area (TPSA) is 76.1 Å². The van der Waals surface area contributed by atoms with Crippen molar-refractivity contribution in [1.82, 2.24) is 4.90 Å². The summed E-state index contributed by atoms with van der Waals surface area (Å²) in [6.45, 7) is 4.55. The monoisotopic (exact) mass is 477 g/mol. The van der Waals surface area contributed by atoms with E-state index in [9.17, 15) is 14.7 Å². The van der Waals surface area contributed by atoms with Gasteiger partial charge in [-0.15, -0.1) is 0 Å². The van der Waals surface area contributed by atoms with Crippen LogP contribution in [0.25, 0.3) is 6.08 Å². The van der Waals surface area contributed by atoms with E-state index in [1.807, 2.05) is 38.1 Å². The first-order valence-corrected chi connectivity index (χ1v) is 10.6. The number of thioether (sulfide) groups is 1. The average Bonchev–Trinajstić information content (AvgIpc) is 2.93. The predicted molar refractivity (Wildman–Crippen MR) is 116 cm³/mol. The van der Waals surface area contributed by atoms with E-state index in [0.717, 1.165) is 17.3 Å². The summed E-state index contributed by atoms with van der Waals surface area (Å²) in [4.78, 5) is 26.4. The van der Waals surface area contributed by atoms with E-state index in [2.05, 4.69) is 15.9 Å². The highest BCUT2D eigenvalue weighted by Crippen LogP contribution is 2.37. The summed E-state index contributed by atoms with van der Waals surface area (Å²) in [5, 5.41) is 9.59. The molecule has 0 spiro atoms. The minimum atomic E-state index is -0.370. The van der Waals surface area contributed by atoms with Gasteiger partial charge in [-0.25, -0.2) is 0 Å². The van der Waals surface area contributed by atoms with Gasteiger partial charge in [0.05, 0.1) is 18.1 Å². The number of aromatic hydroxyl groups is 1. The van der Waals surface area contributed by atoms with E-state index in [4.69, 9.17) is 9.47 Å². The number of aryl methyl sites for hydroxylation is 1. The van der Waals surface area contributed by atoms with Crippen molar-refractivity contribution in [3.63, 3.8) is 0 Å². The number of nitrogens with zero attached hydrogens (tertiary/aromatic N) is 1. The Balaban J connectivity index is 1.70. The van der Waals surface area contributed by atoms with Gasteiger partial charge in [-0.05, 0) is 67.1 Å². The maximum Gasteiger partial charge on any atom is 0.293 e. The third-order valence-corrected chi connectivity index (χ3v) is 5.71. The summed E-state index contributed by atoms with van der Waals surface area (Å²) in [7, 11) is 0. The van der Waals surface area contributed by atoms with Crippen LogP contribution < -0.4 is 9.47 Å². The molecule has 29 heavy (non-hydrogen) atoms. The van der Waals surface area contributed by atoms with Gasteiger partial charge in [0.1, 0.15) is 12.4 Å². The maximum absolute atomic E-state index is 12.7. The molecule has 2 aromatic carbocycles. The van der Waals surface area contributed by atoms with Gasteiger partial charge in [-0.3, -0.25) is 14.5 Å². The third-order valence-electron chi connectivity index (χ3n) is 4.11. The molecule has 6 nitrogen and oxygen atoms in total. The first-order valence-electron chi connectivity index (χ1n) is 8.99. The molecule has 0 aliphatic carbocycles. The van der Waals surface area contributed by atoms with Crippen molar-refractivity contribution < 1.29 is 24.2 Å². The van der Waals surface area contributed by atoms with Crippen molar-refractivity contribution in [2.24, 2.45) is 0 Å². The fourth-order valence-corrected chi connectivity index (χ4v) is 4.04. The number of ether oxygens (including phenoxy) is 2. The number of benzene rings is 2. The first-order chi connectivity index (χ1) is 13.9. The molecule has 8 heteroatoms. The van der Waals surface area contributed by atoms with Crippen molar-refractivity contribution in [1.29, 1.82) is 0 Å². The molecule has 0 atom stereocenters. The number of phenols is 1. The van der Waals surface area contributed by atoms with Gasteiger partial charge >= 0.3 is 0 Å². The SMILES string of the molecule is CCOc1cc(/C=C2\SC(=O)N(CCOc3cccc(C)c3)C2=O)c(Br)cc1O. The molecular weight excluding hydrogens is 458 g/mol. The standard InChI is InChI=1S/C21H20BrNO5S/c1-3-27-18-10-14(16(22)12-17(18)24)11-19-20(25)23(21(26)29-19)7-8-28-15-6-4-5-13(2)9-15/h4-6,9-12,24H,3,7-8H2,1-2H3/b19-11-. The van der Waals surface area contributed by atoms with Crippen LogP contribution >= 0.6 is 27.7 Å². The highest BCUT2D eigenvalue weighted by molar-refractivity contribution is 9.10. The first kappa shape index (κ1) is 21.3. The van der Waals surface area contributed by atoms with E-state index in [0.29, 0.717) is 33.0 Å². The highest BCUT2D eigenvalue weighted by Gasteiger charge is 2.35. The van der Waals surface area contributed by atoms with Crippen molar-refractivity contribution in [2.45, 2.75) is 13.8 Å². The van der Waals surface area contributed by atoms with E-state index in [1.54, 1.807) is 12.1 Å². The predicted octanol–water partition coefficient (Wildman–Crippen LogP) is 4.98. The van der Waals surface area contributed by atoms with Crippen molar-refractivity contribution >= 4 is 44.9 Å². The van der Waals surface area contributed by atoms with Crippen LogP contribution in [0, 0.1) is 6.92 Å². The van der Waals surface area contributed by atoms with E-state index < -0.39 is 0 Å². The minimum Gasteiger partial charge on any atom is -0.504 e. The number of imide groups is 1. The molecule has 3 rings (SSSR count). The van der Waals surface area contributed by atoms with E-state index in [1.165, 1.54) is 11.0 Å². The second-order valence-corrected chi connectivity index (χ2v) is 8.12. The van der Waals surface area contributed by atoms with Crippen LogP contribution in [0.4, 0.5) is 4.79 Å². The van der Waals surface area contributed by atoms with Gasteiger partial charge in [0.2, 0.25) is 0 Å². The van der Waals surface area contributed by atoms with Crippen LogP contribution in [-0.2, 0) is 4.79 Å². The van der Waals surface area contributed by atoms with Crippen LogP contribution in [-0.4, -0.2) is 40.9 Å². The van der Waals surface area contributed by atoms with Gasteiger partial charge in [0.15, 0.2) is 11.5 Å². The lowest BCUT2D eigenvalue weighted by molar-refractivity contribution is -0.123. The molecule has 152 valence electrons. The molecule has 0 radical (unpaired) electrons. The van der Waals surface area contributed by atoms with E-state index in [-0.39, 0.29) is 30.0 Å². The summed E-state index contributed by atoms with van der Waals surface area (Å²) in [6.07, 6.45) is 1.61. The van der Waals surface area contributed by atoms with Crippen LogP contribution in [0.1, 0.15) is 18.1 Å².